The van der Waals surface area contributed by atoms with Crippen LogP contribution >= 0.6 is 11.8 Å². The van der Waals surface area contributed by atoms with Crippen molar-refractivity contribution >= 4 is 23.4 Å². The number of benzene rings is 1. The molecule has 1 amide bonds. The third-order valence-electron chi connectivity index (χ3n) is 4.21. The van der Waals surface area contributed by atoms with Gasteiger partial charge in [-0.1, -0.05) is 25.7 Å². The maximum atomic E-state index is 12.8. The third-order valence-corrected chi connectivity index (χ3v) is 5.17. The molecule has 0 unspecified atom stereocenters. The predicted molar refractivity (Wildman–Crippen MR) is 92.6 cm³/mol. The molecule has 1 aliphatic carbocycles. The summed E-state index contributed by atoms with van der Waals surface area (Å²) in [7, 11) is 0. The number of carbonyl (C=O) groups excluding carboxylic acids is 1. The van der Waals surface area contributed by atoms with E-state index >= 15 is 0 Å². The number of nitrogens with one attached hydrogen (secondary N) is 2. The van der Waals surface area contributed by atoms with E-state index in [-0.39, 0.29) is 17.6 Å². The van der Waals surface area contributed by atoms with E-state index in [1.807, 2.05) is 0 Å². The molecule has 0 radical (unpaired) electrons. The standard InChI is InChI=1S/C16H19N5O3S/c22-15(19-11-5-3-1-2-4-6-11)13-9-12(21(23)24)7-8-14(13)25-16-17-10-18-20-16/h7-11H,1-6H2,(H,19,22)(H,17,18,20). The van der Waals surface area contributed by atoms with Gasteiger partial charge in [0, 0.05) is 23.1 Å². The molecule has 9 heteroatoms. The maximum Gasteiger partial charge on any atom is 0.270 e. The average molecular weight is 361 g/mol. The number of amides is 1. The van der Waals surface area contributed by atoms with Crippen LogP contribution in [0.5, 0.6) is 0 Å². The fourth-order valence-corrected chi connectivity index (χ4v) is 3.74. The Balaban J connectivity index is 1.83. The molecule has 1 aromatic carbocycles. The minimum atomic E-state index is -0.495. The van der Waals surface area contributed by atoms with E-state index in [4.69, 9.17) is 0 Å². The van der Waals surface area contributed by atoms with Gasteiger partial charge in [0.1, 0.15) is 6.33 Å². The molecule has 0 spiro atoms. The summed E-state index contributed by atoms with van der Waals surface area (Å²) in [6.07, 6.45) is 7.85. The van der Waals surface area contributed by atoms with Crippen LogP contribution in [0.4, 0.5) is 5.69 Å². The lowest BCUT2D eigenvalue weighted by Crippen LogP contribution is -2.34. The second-order valence-electron chi connectivity index (χ2n) is 5.99. The smallest absolute Gasteiger partial charge is 0.270 e. The molecule has 0 aliphatic heterocycles. The molecule has 1 aliphatic rings. The summed E-state index contributed by atoms with van der Waals surface area (Å²) in [5.41, 5.74) is 0.188. The van der Waals surface area contributed by atoms with Crippen molar-refractivity contribution in [3.05, 3.63) is 40.2 Å². The quantitative estimate of drug-likeness (QED) is 0.480. The van der Waals surface area contributed by atoms with Gasteiger partial charge in [-0.25, -0.2) is 4.98 Å². The first-order chi connectivity index (χ1) is 12.1. The zero-order valence-corrected chi connectivity index (χ0v) is 14.4. The van der Waals surface area contributed by atoms with E-state index in [2.05, 4.69) is 20.5 Å². The van der Waals surface area contributed by atoms with Crippen molar-refractivity contribution in [3.8, 4) is 0 Å². The Hall–Kier alpha value is -2.42. The normalized spacial score (nSPS) is 15.5. The van der Waals surface area contributed by atoms with Crippen LogP contribution in [0, 0.1) is 10.1 Å². The van der Waals surface area contributed by atoms with E-state index in [1.54, 1.807) is 6.07 Å². The van der Waals surface area contributed by atoms with Crippen molar-refractivity contribution in [2.24, 2.45) is 0 Å². The van der Waals surface area contributed by atoms with E-state index in [1.165, 1.54) is 43.1 Å². The van der Waals surface area contributed by atoms with E-state index in [0.29, 0.717) is 15.6 Å². The number of nitrogens with zero attached hydrogens (tertiary/aromatic N) is 3. The molecule has 25 heavy (non-hydrogen) atoms. The Bertz CT molecular complexity index is 742. The summed E-state index contributed by atoms with van der Waals surface area (Å²) in [6.45, 7) is 0. The molecule has 2 N–H and O–H groups in total. The van der Waals surface area contributed by atoms with Crippen LogP contribution in [0.3, 0.4) is 0 Å². The van der Waals surface area contributed by atoms with E-state index in [9.17, 15) is 14.9 Å². The van der Waals surface area contributed by atoms with Crippen molar-refractivity contribution in [2.75, 3.05) is 0 Å². The molecule has 1 heterocycles. The number of non-ortho nitro benzene ring substituents is 1. The molecule has 8 nitrogen and oxygen atoms in total. The Morgan fingerprint density at radius 2 is 2.04 bits per heavy atom. The summed E-state index contributed by atoms with van der Waals surface area (Å²) >= 11 is 1.22. The number of aromatic amines is 1. The molecule has 1 aromatic heterocycles. The lowest BCUT2D eigenvalue weighted by atomic mass is 10.1. The molecule has 0 atom stereocenters. The monoisotopic (exact) mass is 361 g/mol. The SMILES string of the molecule is O=C(NC1CCCCCC1)c1cc([N+](=O)[O-])ccc1Sc1ncn[nH]1. The van der Waals surface area contributed by atoms with Gasteiger partial charge in [-0.15, -0.1) is 0 Å². The van der Waals surface area contributed by atoms with Gasteiger partial charge in [0.2, 0.25) is 0 Å². The Labute approximate surface area is 149 Å². The third kappa shape index (κ3) is 4.56. The highest BCUT2D eigenvalue weighted by Gasteiger charge is 2.21. The van der Waals surface area contributed by atoms with Crippen LogP contribution in [0.2, 0.25) is 0 Å². The van der Waals surface area contributed by atoms with E-state index in [0.717, 1.165) is 25.7 Å². The first kappa shape index (κ1) is 17.4. The van der Waals surface area contributed by atoms with Crippen LogP contribution in [0.1, 0.15) is 48.9 Å². The fourth-order valence-electron chi connectivity index (χ4n) is 2.93. The molecular formula is C16H19N5O3S. The van der Waals surface area contributed by atoms with Gasteiger partial charge >= 0.3 is 0 Å². The number of rotatable bonds is 5. The molecule has 1 saturated carbocycles. The largest absolute Gasteiger partial charge is 0.349 e. The van der Waals surface area contributed by atoms with Crippen LogP contribution in [0.25, 0.3) is 0 Å². The minimum Gasteiger partial charge on any atom is -0.349 e. The van der Waals surface area contributed by atoms with Gasteiger partial charge in [0.05, 0.1) is 10.5 Å². The van der Waals surface area contributed by atoms with Crippen LogP contribution in [-0.4, -0.2) is 32.1 Å². The van der Waals surface area contributed by atoms with Crippen molar-refractivity contribution < 1.29 is 9.72 Å². The number of carbonyl (C=O) groups is 1. The molecular weight excluding hydrogens is 342 g/mol. The molecule has 3 rings (SSSR count). The topological polar surface area (TPSA) is 114 Å². The minimum absolute atomic E-state index is 0.104. The summed E-state index contributed by atoms with van der Waals surface area (Å²) in [6, 6.07) is 4.41. The second kappa shape index (κ2) is 8.11. The van der Waals surface area contributed by atoms with Crippen molar-refractivity contribution in [1.29, 1.82) is 0 Å². The number of nitro benzene ring substituents is 1. The summed E-state index contributed by atoms with van der Waals surface area (Å²) < 4.78 is 0. The number of hydrogen-bond acceptors (Lipinski definition) is 6. The molecule has 132 valence electrons. The summed E-state index contributed by atoms with van der Waals surface area (Å²) in [5.74, 6) is -0.280. The average Bonchev–Trinajstić information content (AvgIpc) is 2.97. The van der Waals surface area contributed by atoms with Gasteiger partial charge in [-0.3, -0.25) is 20.0 Å². The predicted octanol–water partition coefficient (Wildman–Crippen LogP) is 3.32. The van der Waals surface area contributed by atoms with E-state index < -0.39 is 4.92 Å². The maximum absolute atomic E-state index is 12.8. The van der Waals surface area contributed by atoms with Crippen LogP contribution < -0.4 is 5.32 Å². The highest BCUT2D eigenvalue weighted by atomic mass is 32.2. The second-order valence-corrected chi connectivity index (χ2v) is 7.02. The van der Waals surface area contributed by atoms with Gasteiger partial charge in [0.15, 0.2) is 5.16 Å². The summed E-state index contributed by atoms with van der Waals surface area (Å²) in [5, 5.41) is 21.1. The highest BCUT2D eigenvalue weighted by molar-refractivity contribution is 7.99. The van der Waals surface area contributed by atoms with Gasteiger partial charge in [0.25, 0.3) is 11.6 Å². The Kier molecular flexibility index (Phi) is 5.64. The van der Waals surface area contributed by atoms with Gasteiger partial charge in [-0.05, 0) is 30.7 Å². The molecule has 2 aromatic rings. The molecule has 1 fully saturated rings. The van der Waals surface area contributed by atoms with Gasteiger partial charge in [-0.2, -0.15) is 5.10 Å². The van der Waals surface area contributed by atoms with Crippen molar-refractivity contribution in [3.63, 3.8) is 0 Å². The number of hydrogen-bond donors (Lipinski definition) is 2. The highest BCUT2D eigenvalue weighted by Crippen LogP contribution is 2.30. The van der Waals surface area contributed by atoms with Crippen molar-refractivity contribution in [2.45, 2.75) is 54.6 Å². The zero-order valence-electron chi connectivity index (χ0n) is 13.6. The lowest BCUT2D eigenvalue weighted by Gasteiger charge is -2.17. The number of nitro groups is 1. The fraction of sp³-hybridized carbons (Fsp3) is 0.438. The first-order valence-corrected chi connectivity index (χ1v) is 9.07. The zero-order chi connectivity index (χ0) is 17.6. The Morgan fingerprint density at radius 1 is 1.28 bits per heavy atom. The number of aromatic nitrogens is 3. The van der Waals surface area contributed by atoms with Crippen molar-refractivity contribution in [1.82, 2.24) is 20.5 Å². The summed E-state index contributed by atoms with van der Waals surface area (Å²) in [4.78, 5) is 28.0. The van der Waals surface area contributed by atoms with Crippen LogP contribution in [-0.2, 0) is 0 Å². The van der Waals surface area contributed by atoms with Gasteiger partial charge < -0.3 is 5.32 Å². The van der Waals surface area contributed by atoms with Crippen LogP contribution in [0.15, 0.2) is 34.6 Å². The Morgan fingerprint density at radius 3 is 2.68 bits per heavy atom. The first-order valence-electron chi connectivity index (χ1n) is 8.26. The molecule has 0 bridgehead atoms. The number of H-pyrrole nitrogens is 1. The molecule has 0 saturated heterocycles. The lowest BCUT2D eigenvalue weighted by molar-refractivity contribution is -0.384.